The summed E-state index contributed by atoms with van der Waals surface area (Å²) in [6.07, 6.45) is 0. The largest absolute Gasteiger partial charge is 0.132 e. The maximum absolute atomic E-state index is 3.65. The molecule has 1 aromatic rings. The average molecular weight is 298 g/mol. The molecule has 0 saturated heterocycles. The van der Waals surface area contributed by atoms with Gasteiger partial charge in [-0.1, -0.05) is 29.8 Å². The average Bonchev–Trinajstić information content (AvgIpc) is 2.34. The van der Waals surface area contributed by atoms with Crippen molar-refractivity contribution >= 4 is 43.2 Å². The van der Waals surface area contributed by atoms with Crippen molar-refractivity contribution in [3.63, 3.8) is 0 Å². The zero-order chi connectivity index (χ0) is 8.43. The van der Waals surface area contributed by atoms with Gasteiger partial charge in [0.15, 0.2) is 0 Å². The van der Waals surface area contributed by atoms with Gasteiger partial charge in [0.2, 0.25) is 0 Å². The van der Waals surface area contributed by atoms with Crippen LogP contribution in [-0.2, 0) is 0 Å². The highest BCUT2D eigenvalue weighted by molar-refractivity contribution is 9.11. The molecule has 0 aliphatic heterocycles. The molecule has 0 saturated carbocycles. The monoisotopic (exact) mass is 296 g/mol. The highest BCUT2D eigenvalue weighted by Gasteiger charge is 2.13. The second kappa shape index (κ2) is 4.06. The zero-order valence-electron chi connectivity index (χ0n) is 6.47. The predicted octanol–water partition coefficient (Wildman–Crippen LogP) is 4.60. The zero-order valence-corrected chi connectivity index (χ0v) is 10.5. The molecule has 0 fully saturated rings. The van der Waals surface area contributed by atoms with Crippen LogP contribution in [0, 0.1) is 5.92 Å². The van der Waals surface area contributed by atoms with Crippen LogP contribution in [0.3, 0.4) is 0 Å². The van der Waals surface area contributed by atoms with Crippen molar-refractivity contribution in [2.45, 2.75) is 18.7 Å². The Bertz CT molecular complexity index is 230. The van der Waals surface area contributed by atoms with Crippen LogP contribution in [-0.4, -0.2) is 0 Å². The molecule has 11 heavy (non-hydrogen) atoms. The summed E-state index contributed by atoms with van der Waals surface area (Å²) in [4.78, 5) is 1.89. The van der Waals surface area contributed by atoms with Crippen LogP contribution in [0.15, 0.2) is 15.9 Å². The van der Waals surface area contributed by atoms with Gasteiger partial charge in [0.25, 0.3) is 0 Å². The number of hydrogen-bond acceptors (Lipinski definition) is 1. The van der Waals surface area contributed by atoms with E-state index < -0.39 is 0 Å². The standard InChI is InChI=1S/C8H10Br2S/c1-5(2)8(10)6-3-4-7(9)11-6/h3-5,8H,1-2H3. The first-order chi connectivity index (χ1) is 5.11. The predicted molar refractivity (Wildman–Crippen MR) is 58.5 cm³/mol. The SMILES string of the molecule is CC(C)C(Br)c1ccc(Br)s1. The maximum atomic E-state index is 3.65. The van der Waals surface area contributed by atoms with Gasteiger partial charge in [-0.15, -0.1) is 11.3 Å². The highest BCUT2D eigenvalue weighted by atomic mass is 79.9. The molecule has 1 unspecified atom stereocenters. The van der Waals surface area contributed by atoms with Crippen molar-refractivity contribution in [3.05, 3.63) is 20.8 Å². The Morgan fingerprint density at radius 2 is 2.00 bits per heavy atom. The van der Waals surface area contributed by atoms with E-state index >= 15 is 0 Å². The van der Waals surface area contributed by atoms with Gasteiger partial charge in [-0.25, -0.2) is 0 Å². The van der Waals surface area contributed by atoms with Gasteiger partial charge in [0, 0.05) is 4.88 Å². The summed E-state index contributed by atoms with van der Waals surface area (Å²) in [7, 11) is 0. The third kappa shape index (κ3) is 2.56. The van der Waals surface area contributed by atoms with E-state index in [2.05, 4.69) is 57.8 Å². The second-order valence-electron chi connectivity index (χ2n) is 2.79. The summed E-state index contributed by atoms with van der Waals surface area (Å²) in [6.45, 7) is 4.43. The lowest BCUT2D eigenvalue weighted by molar-refractivity contribution is 0.648. The number of thiophene rings is 1. The fourth-order valence-corrected chi connectivity index (χ4v) is 2.81. The topological polar surface area (TPSA) is 0 Å². The van der Waals surface area contributed by atoms with E-state index in [1.807, 2.05) is 0 Å². The minimum absolute atomic E-state index is 0.499. The minimum Gasteiger partial charge on any atom is -0.132 e. The van der Waals surface area contributed by atoms with E-state index in [-0.39, 0.29) is 0 Å². The number of alkyl halides is 1. The van der Waals surface area contributed by atoms with Gasteiger partial charge in [-0.3, -0.25) is 0 Å². The van der Waals surface area contributed by atoms with Crippen LogP contribution in [0.1, 0.15) is 23.6 Å². The molecule has 0 bridgehead atoms. The Labute approximate surface area is 88.3 Å². The fourth-order valence-electron chi connectivity index (χ4n) is 0.805. The van der Waals surface area contributed by atoms with Crippen molar-refractivity contribution in [3.8, 4) is 0 Å². The molecule has 0 aliphatic rings. The van der Waals surface area contributed by atoms with Crippen molar-refractivity contribution in [2.75, 3.05) is 0 Å². The smallest absolute Gasteiger partial charge is 0.0701 e. The quantitative estimate of drug-likeness (QED) is 0.700. The molecule has 1 atom stereocenters. The number of halogens is 2. The summed E-state index contributed by atoms with van der Waals surface area (Å²) in [5.74, 6) is 0.653. The van der Waals surface area contributed by atoms with Gasteiger partial charge in [-0.2, -0.15) is 0 Å². The molecule has 3 heteroatoms. The molecule has 1 heterocycles. The first-order valence-electron chi connectivity index (χ1n) is 3.50. The summed E-state index contributed by atoms with van der Waals surface area (Å²) in [5.41, 5.74) is 0. The lowest BCUT2D eigenvalue weighted by Gasteiger charge is -2.10. The van der Waals surface area contributed by atoms with Crippen molar-refractivity contribution < 1.29 is 0 Å². The van der Waals surface area contributed by atoms with Crippen LogP contribution >= 0.6 is 43.2 Å². The van der Waals surface area contributed by atoms with Gasteiger partial charge in [0.1, 0.15) is 0 Å². The van der Waals surface area contributed by atoms with Crippen LogP contribution < -0.4 is 0 Å². The molecule has 0 N–H and O–H groups in total. The summed E-state index contributed by atoms with van der Waals surface area (Å²) >= 11 is 8.89. The van der Waals surface area contributed by atoms with Crippen LogP contribution in [0.2, 0.25) is 0 Å². The molecule has 0 radical (unpaired) electrons. The van der Waals surface area contributed by atoms with Gasteiger partial charge in [-0.05, 0) is 34.0 Å². The van der Waals surface area contributed by atoms with E-state index in [9.17, 15) is 0 Å². The molecule has 0 amide bonds. The van der Waals surface area contributed by atoms with Gasteiger partial charge in [0.05, 0.1) is 8.61 Å². The van der Waals surface area contributed by atoms with E-state index in [1.54, 1.807) is 11.3 Å². The molecule has 0 aliphatic carbocycles. The van der Waals surface area contributed by atoms with Crippen molar-refractivity contribution in [1.29, 1.82) is 0 Å². The number of hydrogen-bond donors (Lipinski definition) is 0. The highest BCUT2D eigenvalue weighted by Crippen LogP contribution is 2.36. The molecule has 1 rings (SSSR count). The summed E-state index contributed by atoms with van der Waals surface area (Å²) in [5, 5.41) is 0. The second-order valence-corrected chi connectivity index (χ2v) is 6.27. The van der Waals surface area contributed by atoms with E-state index in [0.29, 0.717) is 10.7 Å². The molecular formula is C8H10Br2S. The maximum Gasteiger partial charge on any atom is 0.0701 e. The molecule has 62 valence electrons. The normalized spacial score (nSPS) is 13.9. The Hall–Kier alpha value is 0.660. The van der Waals surface area contributed by atoms with Gasteiger partial charge >= 0.3 is 0 Å². The third-order valence-electron chi connectivity index (χ3n) is 1.45. The van der Waals surface area contributed by atoms with Gasteiger partial charge < -0.3 is 0 Å². The van der Waals surface area contributed by atoms with Crippen LogP contribution in [0.25, 0.3) is 0 Å². The van der Waals surface area contributed by atoms with Crippen molar-refractivity contribution in [2.24, 2.45) is 5.92 Å². The summed E-state index contributed by atoms with van der Waals surface area (Å²) < 4.78 is 1.21. The lowest BCUT2D eigenvalue weighted by Crippen LogP contribution is -1.94. The molecule has 0 spiro atoms. The molecular weight excluding hydrogens is 288 g/mol. The van der Waals surface area contributed by atoms with Crippen LogP contribution in [0.4, 0.5) is 0 Å². The first-order valence-corrected chi connectivity index (χ1v) is 6.03. The third-order valence-corrected chi connectivity index (χ3v) is 5.01. The fraction of sp³-hybridized carbons (Fsp3) is 0.500. The number of rotatable bonds is 2. The molecule has 0 aromatic carbocycles. The summed E-state index contributed by atoms with van der Waals surface area (Å²) in [6, 6.07) is 4.25. The Morgan fingerprint density at radius 3 is 2.36 bits per heavy atom. The van der Waals surface area contributed by atoms with E-state index in [1.165, 1.54) is 8.66 Å². The Morgan fingerprint density at radius 1 is 1.36 bits per heavy atom. The molecule has 1 aromatic heterocycles. The van der Waals surface area contributed by atoms with Crippen molar-refractivity contribution in [1.82, 2.24) is 0 Å². The van der Waals surface area contributed by atoms with E-state index in [4.69, 9.17) is 0 Å². The Balaban J connectivity index is 2.76. The Kier molecular flexibility index (Phi) is 3.59. The first kappa shape index (κ1) is 9.75. The minimum atomic E-state index is 0.499. The van der Waals surface area contributed by atoms with Crippen LogP contribution in [0.5, 0.6) is 0 Å². The van der Waals surface area contributed by atoms with E-state index in [0.717, 1.165) is 0 Å². The molecule has 0 nitrogen and oxygen atoms in total. The lowest BCUT2D eigenvalue weighted by atomic mass is 10.1.